The molecule has 1 aromatic carbocycles. The molecule has 2 aliphatic heterocycles. The molecule has 3 rings (SSSR count). The normalized spacial score (nSPS) is 24.5. The van der Waals surface area contributed by atoms with Crippen molar-refractivity contribution >= 4 is 23.4 Å². The molecule has 118 valence electrons. The lowest BCUT2D eigenvalue weighted by molar-refractivity contribution is -0.152. The van der Waals surface area contributed by atoms with Crippen molar-refractivity contribution in [3.05, 3.63) is 34.9 Å². The summed E-state index contributed by atoms with van der Waals surface area (Å²) in [6, 6.07) is 7.47. The molecule has 2 atom stereocenters. The number of carbonyl (C=O) groups is 2. The molecule has 4 nitrogen and oxygen atoms in total. The summed E-state index contributed by atoms with van der Waals surface area (Å²) in [5.41, 5.74) is 0.982. The lowest BCUT2D eigenvalue weighted by Crippen LogP contribution is -2.60. The molecule has 2 aliphatic rings. The fourth-order valence-corrected chi connectivity index (χ4v) is 3.71. The second-order valence-corrected chi connectivity index (χ2v) is 6.55. The van der Waals surface area contributed by atoms with E-state index in [1.807, 2.05) is 36.1 Å². The van der Waals surface area contributed by atoms with Gasteiger partial charge in [-0.15, -0.1) is 0 Å². The number of benzene rings is 1. The van der Waals surface area contributed by atoms with Crippen molar-refractivity contribution in [3.63, 3.8) is 0 Å². The van der Waals surface area contributed by atoms with Gasteiger partial charge < -0.3 is 9.80 Å². The molecule has 0 spiro atoms. The Bertz CT molecular complexity index is 590. The van der Waals surface area contributed by atoms with Gasteiger partial charge in [0.2, 0.25) is 11.8 Å². The van der Waals surface area contributed by atoms with E-state index < -0.39 is 0 Å². The molecular formula is C17H21ClN2O2. The average molecular weight is 321 g/mol. The van der Waals surface area contributed by atoms with E-state index >= 15 is 0 Å². The summed E-state index contributed by atoms with van der Waals surface area (Å²) < 4.78 is 0. The highest BCUT2D eigenvalue weighted by Gasteiger charge is 2.41. The quantitative estimate of drug-likeness (QED) is 0.858. The Balaban J connectivity index is 1.64. The maximum absolute atomic E-state index is 12.5. The van der Waals surface area contributed by atoms with Crippen molar-refractivity contribution in [2.24, 2.45) is 0 Å². The molecule has 0 radical (unpaired) electrons. The van der Waals surface area contributed by atoms with Crippen molar-refractivity contribution in [2.75, 3.05) is 13.1 Å². The van der Waals surface area contributed by atoms with Crippen LogP contribution in [0.4, 0.5) is 0 Å². The van der Waals surface area contributed by atoms with Crippen molar-refractivity contribution in [1.82, 2.24) is 9.80 Å². The summed E-state index contributed by atoms with van der Waals surface area (Å²) in [5.74, 6) is 0.146. The molecule has 0 unspecified atom stereocenters. The number of carbonyl (C=O) groups excluding carboxylic acids is 2. The van der Waals surface area contributed by atoms with Gasteiger partial charge in [0.15, 0.2) is 0 Å². The molecule has 0 saturated carbocycles. The summed E-state index contributed by atoms with van der Waals surface area (Å²) in [6.07, 6.45) is 3.07. The van der Waals surface area contributed by atoms with E-state index in [1.54, 1.807) is 4.90 Å². The molecule has 2 fully saturated rings. The predicted molar refractivity (Wildman–Crippen MR) is 85.7 cm³/mol. The fourth-order valence-electron chi connectivity index (χ4n) is 3.48. The van der Waals surface area contributed by atoms with Crippen molar-refractivity contribution < 1.29 is 9.59 Å². The monoisotopic (exact) mass is 320 g/mol. The average Bonchev–Trinajstić information content (AvgIpc) is 2.98. The molecule has 0 aromatic heterocycles. The Hall–Kier alpha value is -1.55. The molecule has 0 bridgehead atoms. The maximum Gasteiger partial charge on any atom is 0.245 e. The first-order chi connectivity index (χ1) is 10.6. The number of hydrogen-bond donors (Lipinski definition) is 0. The van der Waals surface area contributed by atoms with Crippen molar-refractivity contribution in [3.8, 4) is 0 Å². The van der Waals surface area contributed by atoms with Gasteiger partial charge in [0.05, 0.1) is 0 Å². The van der Waals surface area contributed by atoms with Gasteiger partial charge in [-0.3, -0.25) is 9.59 Å². The number of amides is 2. The minimum absolute atomic E-state index is 0.0484. The van der Waals surface area contributed by atoms with E-state index in [1.165, 1.54) is 0 Å². The Kier molecular flexibility index (Phi) is 4.39. The van der Waals surface area contributed by atoms with Crippen LogP contribution in [0.3, 0.4) is 0 Å². The SMILES string of the molecule is C[C@@H]1C(=O)N2CCC[C@@H]2CN1C(=O)CCc1ccccc1Cl. The van der Waals surface area contributed by atoms with Gasteiger partial charge in [-0.1, -0.05) is 29.8 Å². The van der Waals surface area contributed by atoms with Crippen LogP contribution in [0.5, 0.6) is 0 Å². The number of hydrogen-bond acceptors (Lipinski definition) is 2. The largest absolute Gasteiger partial charge is 0.336 e. The van der Waals surface area contributed by atoms with Crippen LogP contribution in [0.25, 0.3) is 0 Å². The molecule has 22 heavy (non-hydrogen) atoms. The number of piperazine rings is 1. The first-order valence-corrected chi connectivity index (χ1v) is 8.29. The summed E-state index contributed by atoms with van der Waals surface area (Å²) in [4.78, 5) is 28.6. The van der Waals surface area contributed by atoms with Gasteiger partial charge in [-0.05, 0) is 37.8 Å². The van der Waals surface area contributed by atoms with Crippen molar-refractivity contribution in [2.45, 2.75) is 44.7 Å². The molecule has 5 heteroatoms. The lowest BCUT2D eigenvalue weighted by Gasteiger charge is -2.41. The fraction of sp³-hybridized carbons (Fsp3) is 0.529. The first kappa shape index (κ1) is 15.3. The zero-order valence-electron chi connectivity index (χ0n) is 12.8. The highest BCUT2D eigenvalue weighted by atomic mass is 35.5. The maximum atomic E-state index is 12.5. The van der Waals surface area contributed by atoms with Gasteiger partial charge in [-0.2, -0.15) is 0 Å². The Labute approximate surface area is 136 Å². The molecule has 0 aliphatic carbocycles. The number of fused-ring (bicyclic) bond motifs is 1. The summed E-state index contributed by atoms with van der Waals surface area (Å²) >= 11 is 6.13. The molecule has 2 heterocycles. The van der Waals surface area contributed by atoms with E-state index in [0.29, 0.717) is 24.4 Å². The highest BCUT2D eigenvalue weighted by Crippen LogP contribution is 2.26. The van der Waals surface area contributed by atoms with Gasteiger partial charge in [0, 0.05) is 30.6 Å². The number of rotatable bonds is 3. The van der Waals surface area contributed by atoms with Crippen LogP contribution in [-0.4, -0.2) is 46.8 Å². The second-order valence-electron chi connectivity index (χ2n) is 6.14. The molecule has 1 aromatic rings. The summed E-state index contributed by atoms with van der Waals surface area (Å²) in [7, 11) is 0. The van der Waals surface area contributed by atoms with Crippen LogP contribution in [-0.2, 0) is 16.0 Å². The summed E-state index contributed by atoms with van der Waals surface area (Å²) in [6.45, 7) is 3.36. The third kappa shape index (κ3) is 2.84. The van der Waals surface area contributed by atoms with Crippen LogP contribution in [0.1, 0.15) is 31.7 Å². The van der Waals surface area contributed by atoms with Crippen LogP contribution >= 0.6 is 11.6 Å². The minimum Gasteiger partial charge on any atom is -0.336 e. The number of halogens is 1. The van der Waals surface area contributed by atoms with Crippen LogP contribution < -0.4 is 0 Å². The van der Waals surface area contributed by atoms with Crippen LogP contribution in [0.2, 0.25) is 5.02 Å². The lowest BCUT2D eigenvalue weighted by atomic mass is 10.0. The number of nitrogens with zero attached hydrogens (tertiary/aromatic N) is 2. The Morgan fingerprint density at radius 1 is 1.36 bits per heavy atom. The van der Waals surface area contributed by atoms with Crippen LogP contribution in [0, 0.1) is 0 Å². The smallest absolute Gasteiger partial charge is 0.245 e. The van der Waals surface area contributed by atoms with Gasteiger partial charge in [0.25, 0.3) is 0 Å². The van der Waals surface area contributed by atoms with Gasteiger partial charge in [0.1, 0.15) is 6.04 Å². The third-order valence-electron chi connectivity index (χ3n) is 4.78. The molecule has 0 N–H and O–H groups in total. The number of aryl methyl sites for hydroxylation is 1. The van der Waals surface area contributed by atoms with E-state index in [9.17, 15) is 9.59 Å². The van der Waals surface area contributed by atoms with Gasteiger partial charge in [-0.25, -0.2) is 0 Å². The van der Waals surface area contributed by atoms with Crippen molar-refractivity contribution in [1.29, 1.82) is 0 Å². The molecule has 2 amide bonds. The van der Waals surface area contributed by atoms with E-state index in [2.05, 4.69) is 0 Å². The molecule has 2 saturated heterocycles. The van der Waals surface area contributed by atoms with E-state index in [4.69, 9.17) is 11.6 Å². The Morgan fingerprint density at radius 3 is 2.91 bits per heavy atom. The third-order valence-corrected chi connectivity index (χ3v) is 5.15. The zero-order valence-corrected chi connectivity index (χ0v) is 13.6. The topological polar surface area (TPSA) is 40.6 Å². The second kappa shape index (κ2) is 6.29. The summed E-state index contributed by atoms with van der Waals surface area (Å²) in [5, 5.41) is 0.694. The predicted octanol–water partition coefficient (Wildman–Crippen LogP) is 2.49. The van der Waals surface area contributed by atoms with Gasteiger partial charge >= 0.3 is 0 Å². The standard InChI is InChI=1S/C17H21ClN2O2/c1-12-17(22)19-10-4-6-14(19)11-20(12)16(21)9-8-13-5-2-3-7-15(13)18/h2-3,5,7,12,14H,4,6,8-11H2,1H3/t12-,14-/m1/s1. The molecular weight excluding hydrogens is 300 g/mol. The Morgan fingerprint density at radius 2 is 2.14 bits per heavy atom. The van der Waals surface area contributed by atoms with E-state index in [-0.39, 0.29) is 23.9 Å². The van der Waals surface area contributed by atoms with E-state index in [0.717, 1.165) is 24.9 Å². The van der Waals surface area contributed by atoms with Crippen LogP contribution in [0.15, 0.2) is 24.3 Å². The highest BCUT2D eigenvalue weighted by molar-refractivity contribution is 6.31. The minimum atomic E-state index is -0.340. The first-order valence-electron chi connectivity index (χ1n) is 7.91. The zero-order chi connectivity index (χ0) is 15.7.